The van der Waals surface area contributed by atoms with Gasteiger partial charge in [0, 0.05) is 20.0 Å². The minimum absolute atomic E-state index is 0. The van der Waals surface area contributed by atoms with Gasteiger partial charge in [-0.1, -0.05) is 12.1 Å². The Morgan fingerprint density at radius 2 is 2.10 bits per heavy atom. The molecular formula is C16H24ClFN2O. The number of halogens is 2. The molecule has 1 aliphatic heterocycles. The highest BCUT2D eigenvalue weighted by Gasteiger charge is 2.17. The lowest BCUT2D eigenvalue weighted by Crippen LogP contribution is -2.29. The molecule has 1 aromatic carbocycles. The SMILES string of the molecule is CN(CCc1ccc(F)cc1)C(=O)CCC1CCNC1.Cl. The molecular weight excluding hydrogens is 291 g/mol. The lowest BCUT2D eigenvalue weighted by molar-refractivity contribution is -0.130. The van der Waals surface area contributed by atoms with E-state index in [0.717, 1.165) is 31.5 Å². The third-order valence-electron chi connectivity index (χ3n) is 4.00. The summed E-state index contributed by atoms with van der Waals surface area (Å²) in [4.78, 5) is 13.8. The topological polar surface area (TPSA) is 32.3 Å². The highest BCUT2D eigenvalue weighted by Crippen LogP contribution is 2.15. The van der Waals surface area contributed by atoms with Crippen molar-refractivity contribution in [2.45, 2.75) is 25.7 Å². The van der Waals surface area contributed by atoms with Crippen molar-refractivity contribution >= 4 is 18.3 Å². The van der Waals surface area contributed by atoms with Crippen LogP contribution < -0.4 is 5.32 Å². The summed E-state index contributed by atoms with van der Waals surface area (Å²) in [5, 5.41) is 3.32. The third-order valence-corrected chi connectivity index (χ3v) is 4.00. The predicted molar refractivity (Wildman–Crippen MR) is 85.2 cm³/mol. The van der Waals surface area contributed by atoms with Crippen molar-refractivity contribution in [3.05, 3.63) is 35.6 Å². The van der Waals surface area contributed by atoms with E-state index in [0.29, 0.717) is 18.9 Å². The van der Waals surface area contributed by atoms with Gasteiger partial charge in [-0.05, 0) is 56.0 Å². The van der Waals surface area contributed by atoms with E-state index in [2.05, 4.69) is 5.32 Å². The lowest BCUT2D eigenvalue weighted by Gasteiger charge is -2.18. The number of rotatable bonds is 6. The quantitative estimate of drug-likeness (QED) is 0.875. The van der Waals surface area contributed by atoms with Gasteiger partial charge in [-0.3, -0.25) is 4.79 Å². The van der Waals surface area contributed by atoms with Crippen LogP contribution in [-0.2, 0) is 11.2 Å². The van der Waals surface area contributed by atoms with Crippen LogP contribution in [0, 0.1) is 11.7 Å². The number of hydrogen-bond acceptors (Lipinski definition) is 2. The second-order valence-corrected chi connectivity index (χ2v) is 5.59. The Kier molecular flexibility index (Phi) is 7.68. The molecule has 1 fully saturated rings. The highest BCUT2D eigenvalue weighted by molar-refractivity contribution is 5.85. The summed E-state index contributed by atoms with van der Waals surface area (Å²) in [6.07, 6.45) is 3.57. The minimum Gasteiger partial charge on any atom is -0.345 e. The summed E-state index contributed by atoms with van der Waals surface area (Å²) >= 11 is 0. The molecule has 1 amide bonds. The first-order valence-electron chi connectivity index (χ1n) is 7.34. The Labute approximate surface area is 132 Å². The second kappa shape index (κ2) is 9.00. The molecule has 2 rings (SSSR count). The normalized spacial score (nSPS) is 17.3. The van der Waals surface area contributed by atoms with E-state index in [4.69, 9.17) is 0 Å². The van der Waals surface area contributed by atoms with E-state index in [1.165, 1.54) is 18.6 Å². The maximum Gasteiger partial charge on any atom is 0.222 e. The smallest absolute Gasteiger partial charge is 0.222 e. The van der Waals surface area contributed by atoms with Gasteiger partial charge >= 0.3 is 0 Å². The van der Waals surface area contributed by atoms with Gasteiger partial charge in [-0.15, -0.1) is 12.4 Å². The predicted octanol–water partition coefficient (Wildman–Crippen LogP) is 2.64. The van der Waals surface area contributed by atoms with Gasteiger partial charge in [-0.25, -0.2) is 4.39 Å². The van der Waals surface area contributed by atoms with Gasteiger partial charge in [0.15, 0.2) is 0 Å². The summed E-state index contributed by atoms with van der Waals surface area (Å²) in [5.41, 5.74) is 1.06. The second-order valence-electron chi connectivity index (χ2n) is 5.59. The van der Waals surface area contributed by atoms with E-state index in [-0.39, 0.29) is 24.1 Å². The molecule has 1 saturated heterocycles. The molecule has 1 atom stereocenters. The van der Waals surface area contributed by atoms with Gasteiger partial charge in [-0.2, -0.15) is 0 Å². The Hall–Kier alpha value is -1.13. The molecule has 5 heteroatoms. The largest absolute Gasteiger partial charge is 0.345 e. The van der Waals surface area contributed by atoms with Crippen molar-refractivity contribution in [3.63, 3.8) is 0 Å². The van der Waals surface area contributed by atoms with Gasteiger partial charge in [0.05, 0.1) is 0 Å². The molecule has 0 radical (unpaired) electrons. The maximum absolute atomic E-state index is 12.8. The molecule has 1 unspecified atom stereocenters. The zero-order valence-corrected chi connectivity index (χ0v) is 13.3. The standard InChI is InChI=1S/C16H23FN2O.ClH/c1-19(11-9-13-2-5-15(17)6-3-13)16(20)7-4-14-8-10-18-12-14;/h2-3,5-6,14,18H,4,7-12H2,1H3;1H. The van der Waals surface area contributed by atoms with Gasteiger partial charge in [0.1, 0.15) is 5.82 Å². The molecule has 1 aliphatic rings. The van der Waals surface area contributed by atoms with Crippen LogP contribution in [0.25, 0.3) is 0 Å². The van der Waals surface area contributed by atoms with Gasteiger partial charge in [0.25, 0.3) is 0 Å². The number of benzene rings is 1. The number of hydrogen-bond donors (Lipinski definition) is 1. The summed E-state index contributed by atoms with van der Waals surface area (Å²) in [7, 11) is 1.85. The van der Waals surface area contributed by atoms with Crippen LogP contribution in [0.15, 0.2) is 24.3 Å². The van der Waals surface area contributed by atoms with Crippen LogP contribution in [0.5, 0.6) is 0 Å². The van der Waals surface area contributed by atoms with Gasteiger partial charge in [0.2, 0.25) is 5.91 Å². The van der Waals surface area contributed by atoms with Gasteiger partial charge < -0.3 is 10.2 Å². The first-order chi connectivity index (χ1) is 9.65. The Morgan fingerprint density at radius 3 is 2.71 bits per heavy atom. The number of nitrogens with one attached hydrogen (secondary N) is 1. The fourth-order valence-electron chi connectivity index (χ4n) is 2.55. The molecule has 0 saturated carbocycles. The molecule has 0 aliphatic carbocycles. The van der Waals surface area contributed by atoms with E-state index in [1.54, 1.807) is 17.0 Å². The van der Waals surface area contributed by atoms with Crippen LogP contribution in [0.1, 0.15) is 24.8 Å². The molecule has 0 bridgehead atoms. The molecule has 0 spiro atoms. The summed E-state index contributed by atoms with van der Waals surface area (Å²) in [6, 6.07) is 6.48. The van der Waals surface area contributed by atoms with Crippen molar-refractivity contribution < 1.29 is 9.18 Å². The van der Waals surface area contributed by atoms with Crippen molar-refractivity contribution in [2.75, 3.05) is 26.7 Å². The molecule has 0 aromatic heterocycles. The summed E-state index contributed by atoms with van der Waals surface area (Å²) in [5.74, 6) is 0.645. The zero-order valence-electron chi connectivity index (χ0n) is 12.5. The van der Waals surface area contributed by atoms with Crippen molar-refractivity contribution in [3.8, 4) is 0 Å². The number of amides is 1. The van der Waals surface area contributed by atoms with Crippen LogP contribution in [0.2, 0.25) is 0 Å². The Bertz CT molecular complexity index is 432. The summed E-state index contributed by atoms with van der Waals surface area (Å²) in [6.45, 7) is 2.82. The Morgan fingerprint density at radius 1 is 1.38 bits per heavy atom. The minimum atomic E-state index is -0.219. The third kappa shape index (κ3) is 6.02. The van der Waals surface area contributed by atoms with Crippen molar-refractivity contribution in [1.29, 1.82) is 0 Å². The molecule has 1 heterocycles. The highest BCUT2D eigenvalue weighted by atomic mass is 35.5. The van der Waals surface area contributed by atoms with Crippen LogP contribution in [-0.4, -0.2) is 37.5 Å². The fraction of sp³-hybridized carbons (Fsp3) is 0.562. The number of carbonyl (C=O) groups excluding carboxylic acids is 1. The summed E-state index contributed by atoms with van der Waals surface area (Å²) < 4.78 is 12.8. The maximum atomic E-state index is 12.8. The zero-order chi connectivity index (χ0) is 14.4. The number of likely N-dealkylation sites (N-methyl/N-ethyl adjacent to an activating group) is 1. The number of nitrogens with zero attached hydrogens (tertiary/aromatic N) is 1. The molecule has 3 nitrogen and oxygen atoms in total. The van der Waals surface area contributed by atoms with E-state index < -0.39 is 0 Å². The van der Waals surface area contributed by atoms with E-state index in [1.807, 2.05) is 7.05 Å². The lowest BCUT2D eigenvalue weighted by atomic mass is 10.0. The molecule has 1 N–H and O–H groups in total. The average Bonchev–Trinajstić information content (AvgIpc) is 2.97. The van der Waals surface area contributed by atoms with Crippen LogP contribution in [0.4, 0.5) is 4.39 Å². The average molecular weight is 315 g/mol. The van der Waals surface area contributed by atoms with Crippen LogP contribution >= 0.6 is 12.4 Å². The number of carbonyl (C=O) groups is 1. The molecule has 118 valence electrons. The van der Waals surface area contributed by atoms with E-state index >= 15 is 0 Å². The first kappa shape index (κ1) is 17.9. The molecule has 1 aromatic rings. The monoisotopic (exact) mass is 314 g/mol. The molecule has 21 heavy (non-hydrogen) atoms. The van der Waals surface area contributed by atoms with E-state index in [9.17, 15) is 9.18 Å². The van der Waals surface area contributed by atoms with Crippen molar-refractivity contribution in [2.24, 2.45) is 5.92 Å². The van der Waals surface area contributed by atoms with Crippen LogP contribution in [0.3, 0.4) is 0 Å². The fourth-order valence-corrected chi connectivity index (χ4v) is 2.55. The first-order valence-corrected chi connectivity index (χ1v) is 7.34. The Balaban J connectivity index is 0.00000220. The van der Waals surface area contributed by atoms with Crippen molar-refractivity contribution in [1.82, 2.24) is 10.2 Å².